The first-order valence-electron chi connectivity index (χ1n) is 7.11. The fourth-order valence-corrected chi connectivity index (χ4v) is 2.49. The monoisotopic (exact) mass is 337 g/mol. The normalized spacial score (nSPS) is 11.9. The van der Waals surface area contributed by atoms with E-state index >= 15 is 0 Å². The summed E-state index contributed by atoms with van der Waals surface area (Å²) in [5, 5.41) is 7.39. The number of carbonyl (C=O) groups excluding carboxylic acids is 1. The van der Waals surface area contributed by atoms with E-state index in [0.29, 0.717) is 16.5 Å². The molecular weight excluding hydrogens is 318 g/mol. The number of aromatic nitrogens is 2. The van der Waals surface area contributed by atoms with Crippen molar-refractivity contribution in [2.75, 3.05) is 14.2 Å². The van der Waals surface area contributed by atoms with Crippen LogP contribution in [-0.4, -0.2) is 29.9 Å². The SMILES string of the molecule is COc1ccc(OC)c(C(C)NC(=O)c2nn(C)c(C)c2Cl)c1. The summed E-state index contributed by atoms with van der Waals surface area (Å²) in [5.74, 6) is 1.02. The van der Waals surface area contributed by atoms with Crippen molar-refractivity contribution in [3.8, 4) is 11.5 Å². The van der Waals surface area contributed by atoms with Crippen LogP contribution in [0.15, 0.2) is 18.2 Å². The van der Waals surface area contributed by atoms with Crippen LogP contribution < -0.4 is 14.8 Å². The van der Waals surface area contributed by atoms with Gasteiger partial charge in [-0.1, -0.05) is 11.6 Å². The van der Waals surface area contributed by atoms with Gasteiger partial charge in [-0.25, -0.2) is 0 Å². The second kappa shape index (κ2) is 6.91. The molecule has 0 radical (unpaired) electrons. The molecule has 1 unspecified atom stereocenters. The summed E-state index contributed by atoms with van der Waals surface area (Å²) in [6.45, 7) is 3.67. The van der Waals surface area contributed by atoms with E-state index in [1.54, 1.807) is 45.0 Å². The highest BCUT2D eigenvalue weighted by Crippen LogP contribution is 2.29. The van der Waals surface area contributed by atoms with Gasteiger partial charge in [0.15, 0.2) is 5.69 Å². The van der Waals surface area contributed by atoms with Gasteiger partial charge in [-0.15, -0.1) is 0 Å². The zero-order valence-electron chi connectivity index (χ0n) is 13.8. The van der Waals surface area contributed by atoms with Gasteiger partial charge >= 0.3 is 0 Å². The molecule has 0 aliphatic carbocycles. The van der Waals surface area contributed by atoms with Crippen molar-refractivity contribution in [3.05, 3.63) is 40.2 Å². The van der Waals surface area contributed by atoms with E-state index in [-0.39, 0.29) is 17.6 Å². The Morgan fingerprint density at radius 3 is 2.57 bits per heavy atom. The molecule has 2 rings (SSSR count). The summed E-state index contributed by atoms with van der Waals surface area (Å²) < 4.78 is 12.2. The second-order valence-electron chi connectivity index (χ2n) is 5.17. The lowest BCUT2D eigenvalue weighted by Crippen LogP contribution is -2.27. The second-order valence-corrected chi connectivity index (χ2v) is 5.55. The number of methoxy groups -OCH3 is 2. The average Bonchev–Trinajstić information content (AvgIpc) is 2.81. The van der Waals surface area contributed by atoms with Crippen molar-refractivity contribution in [2.45, 2.75) is 19.9 Å². The van der Waals surface area contributed by atoms with Gasteiger partial charge in [0.25, 0.3) is 5.91 Å². The van der Waals surface area contributed by atoms with Crippen LogP contribution in [-0.2, 0) is 7.05 Å². The van der Waals surface area contributed by atoms with Crippen molar-refractivity contribution in [1.29, 1.82) is 0 Å². The summed E-state index contributed by atoms with van der Waals surface area (Å²) in [4.78, 5) is 12.4. The van der Waals surface area contributed by atoms with Crippen LogP contribution in [0.5, 0.6) is 11.5 Å². The number of benzene rings is 1. The minimum absolute atomic E-state index is 0.209. The lowest BCUT2D eigenvalue weighted by atomic mass is 10.1. The largest absolute Gasteiger partial charge is 0.497 e. The number of carbonyl (C=O) groups is 1. The molecule has 7 heteroatoms. The van der Waals surface area contributed by atoms with Gasteiger partial charge in [0.2, 0.25) is 0 Å². The van der Waals surface area contributed by atoms with E-state index in [0.717, 1.165) is 11.3 Å². The fourth-order valence-electron chi connectivity index (χ4n) is 2.25. The molecule has 1 heterocycles. The van der Waals surface area contributed by atoms with Crippen LogP contribution in [0.4, 0.5) is 0 Å². The molecule has 6 nitrogen and oxygen atoms in total. The molecule has 1 atom stereocenters. The number of nitrogens with zero attached hydrogens (tertiary/aromatic N) is 2. The predicted molar refractivity (Wildman–Crippen MR) is 88.4 cm³/mol. The van der Waals surface area contributed by atoms with Crippen molar-refractivity contribution in [2.24, 2.45) is 7.05 Å². The summed E-state index contributed by atoms with van der Waals surface area (Å²) in [6, 6.07) is 5.13. The number of halogens is 1. The van der Waals surface area contributed by atoms with Gasteiger partial charge in [-0.05, 0) is 32.0 Å². The minimum Gasteiger partial charge on any atom is -0.497 e. The molecule has 1 N–H and O–H groups in total. The lowest BCUT2D eigenvalue weighted by molar-refractivity contribution is 0.0934. The lowest BCUT2D eigenvalue weighted by Gasteiger charge is -2.17. The van der Waals surface area contributed by atoms with Crippen molar-refractivity contribution >= 4 is 17.5 Å². The van der Waals surface area contributed by atoms with Crippen LogP contribution in [0.1, 0.15) is 34.7 Å². The van der Waals surface area contributed by atoms with Crippen LogP contribution in [0, 0.1) is 6.92 Å². The molecule has 0 bridgehead atoms. The Kier molecular flexibility index (Phi) is 5.15. The maximum Gasteiger partial charge on any atom is 0.273 e. The molecule has 1 amide bonds. The number of hydrogen-bond acceptors (Lipinski definition) is 4. The molecule has 124 valence electrons. The number of ether oxygens (including phenoxy) is 2. The smallest absolute Gasteiger partial charge is 0.273 e. The number of amides is 1. The minimum atomic E-state index is -0.337. The zero-order valence-corrected chi connectivity index (χ0v) is 14.6. The molecule has 2 aromatic rings. The average molecular weight is 338 g/mol. The Bertz CT molecular complexity index is 728. The standard InChI is InChI=1S/C16H20ClN3O3/c1-9(12-8-11(22-4)6-7-13(12)23-5)18-16(21)15-14(17)10(2)20(3)19-15/h6-9H,1-5H3,(H,18,21). The Morgan fingerprint density at radius 1 is 1.35 bits per heavy atom. The van der Waals surface area contributed by atoms with Crippen molar-refractivity contribution in [1.82, 2.24) is 15.1 Å². The molecular formula is C16H20ClN3O3. The van der Waals surface area contributed by atoms with Gasteiger partial charge in [-0.2, -0.15) is 5.10 Å². The van der Waals surface area contributed by atoms with Crippen LogP contribution in [0.3, 0.4) is 0 Å². The van der Waals surface area contributed by atoms with Gasteiger partial charge in [0.1, 0.15) is 11.5 Å². The maximum absolute atomic E-state index is 12.4. The van der Waals surface area contributed by atoms with Gasteiger partial charge < -0.3 is 14.8 Å². The Balaban J connectivity index is 2.26. The van der Waals surface area contributed by atoms with Crippen LogP contribution >= 0.6 is 11.6 Å². The highest BCUT2D eigenvalue weighted by molar-refractivity contribution is 6.34. The van der Waals surface area contributed by atoms with E-state index in [4.69, 9.17) is 21.1 Å². The first-order valence-corrected chi connectivity index (χ1v) is 7.48. The molecule has 0 aliphatic heterocycles. The summed E-state index contributed by atoms with van der Waals surface area (Å²) in [6.07, 6.45) is 0. The van der Waals surface area contributed by atoms with E-state index < -0.39 is 0 Å². The van der Waals surface area contributed by atoms with E-state index in [1.807, 2.05) is 13.0 Å². The number of aryl methyl sites for hydroxylation is 1. The molecule has 23 heavy (non-hydrogen) atoms. The van der Waals surface area contributed by atoms with E-state index in [9.17, 15) is 4.79 Å². The maximum atomic E-state index is 12.4. The third kappa shape index (κ3) is 3.42. The Morgan fingerprint density at radius 2 is 2.04 bits per heavy atom. The van der Waals surface area contributed by atoms with E-state index in [2.05, 4.69) is 10.4 Å². The first-order chi connectivity index (χ1) is 10.9. The Hall–Kier alpha value is -2.21. The molecule has 0 fully saturated rings. The topological polar surface area (TPSA) is 65.4 Å². The first kappa shape index (κ1) is 17.1. The van der Waals surface area contributed by atoms with Gasteiger partial charge in [0, 0.05) is 12.6 Å². The van der Waals surface area contributed by atoms with Gasteiger partial charge in [-0.3, -0.25) is 9.48 Å². The highest BCUT2D eigenvalue weighted by Gasteiger charge is 2.21. The number of rotatable bonds is 5. The summed E-state index contributed by atoms with van der Waals surface area (Å²) in [5.41, 5.74) is 1.76. The third-order valence-electron chi connectivity index (χ3n) is 3.73. The van der Waals surface area contributed by atoms with Crippen molar-refractivity contribution < 1.29 is 14.3 Å². The van der Waals surface area contributed by atoms with Crippen LogP contribution in [0.25, 0.3) is 0 Å². The van der Waals surface area contributed by atoms with Crippen molar-refractivity contribution in [3.63, 3.8) is 0 Å². The zero-order chi connectivity index (χ0) is 17.1. The quantitative estimate of drug-likeness (QED) is 0.911. The summed E-state index contributed by atoms with van der Waals surface area (Å²) >= 11 is 6.16. The van der Waals surface area contributed by atoms with E-state index in [1.165, 1.54) is 0 Å². The molecule has 0 saturated carbocycles. The Labute approximate surface area is 140 Å². The number of nitrogens with one attached hydrogen (secondary N) is 1. The molecule has 0 aliphatic rings. The molecule has 1 aromatic carbocycles. The number of hydrogen-bond donors (Lipinski definition) is 1. The third-order valence-corrected chi connectivity index (χ3v) is 4.18. The van der Waals surface area contributed by atoms with Crippen LogP contribution in [0.2, 0.25) is 5.02 Å². The fraction of sp³-hybridized carbons (Fsp3) is 0.375. The predicted octanol–water partition coefficient (Wildman–Crippen LogP) is 2.89. The summed E-state index contributed by atoms with van der Waals surface area (Å²) in [7, 11) is 4.91. The van der Waals surface area contributed by atoms with Gasteiger partial charge in [0.05, 0.1) is 31.0 Å². The highest BCUT2D eigenvalue weighted by atomic mass is 35.5. The molecule has 0 spiro atoms. The molecule has 1 aromatic heterocycles. The molecule has 0 saturated heterocycles.